The number of aromatic amines is 1. The molecule has 1 heterocycles. The van der Waals surface area contributed by atoms with E-state index in [2.05, 4.69) is 39.8 Å². The summed E-state index contributed by atoms with van der Waals surface area (Å²) in [5, 5.41) is 9.03. The zero-order chi connectivity index (χ0) is 45.9. The average molecular weight is 901 g/mol. The highest BCUT2D eigenvalue weighted by Gasteiger charge is 2.41. The van der Waals surface area contributed by atoms with Gasteiger partial charge in [-0.3, -0.25) is 14.4 Å². The quantitative estimate of drug-likeness (QED) is 0.0355. The fourth-order valence-corrected chi connectivity index (χ4v) is 12.4. The number of alkyl carbamates (subject to hydrolysis) is 1. The van der Waals surface area contributed by atoms with E-state index in [1.165, 1.54) is 6.33 Å². The summed E-state index contributed by atoms with van der Waals surface area (Å²) in [6.07, 6.45) is 10.1. The van der Waals surface area contributed by atoms with Gasteiger partial charge in [-0.1, -0.05) is 167 Å². The Balaban J connectivity index is 1.32. The Morgan fingerprint density at radius 2 is 1.32 bits per heavy atom. The van der Waals surface area contributed by atoms with E-state index in [0.717, 1.165) is 60.8 Å². The van der Waals surface area contributed by atoms with Crippen molar-refractivity contribution in [1.29, 1.82) is 0 Å². The first kappa shape index (κ1) is 48.5. The van der Waals surface area contributed by atoms with Gasteiger partial charge >= 0.3 is 6.09 Å². The molecule has 13 heteroatoms. The van der Waals surface area contributed by atoms with E-state index in [9.17, 15) is 14.4 Å². The molecule has 1 fully saturated rings. The van der Waals surface area contributed by atoms with Crippen LogP contribution >= 0.6 is 7.14 Å². The Kier molecular flexibility index (Phi) is 18.6. The van der Waals surface area contributed by atoms with Gasteiger partial charge in [-0.25, -0.2) is 9.78 Å². The average Bonchev–Trinajstić information content (AvgIpc) is 3.84. The number of nitrogens with zero attached hydrogens (tertiary/aromatic N) is 2. The summed E-state index contributed by atoms with van der Waals surface area (Å²) in [7, 11) is -3.46. The Labute approximate surface area is 384 Å². The van der Waals surface area contributed by atoms with E-state index < -0.39 is 42.9 Å². The predicted molar refractivity (Wildman–Crippen MR) is 255 cm³/mol. The molecule has 4 aromatic carbocycles. The number of hydrogen-bond acceptors (Lipinski definition) is 7. The van der Waals surface area contributed by atoms with Crippen LogP contribution < -0.4 is 16.0 Å². The topological polar surface area (TPSA) is 163 Å². The van der Waals surface area contributed by atoms with Crippen LogP contribution in [0.5, 0.6) is 0 Å². The maximum atomic E-state index is 16.4. The van der Waals surface area contributed by atoms with Crippen LogP contribution in [0.2, 0.25) is 0 Å². The van der Waals surface area contributed by atoms with Gasteiger partial charge in [0.15, 0.2) is 0 Å². The SMILES string of the molecule is CC(C)CC(CP(=O)(Cc1ccccc1)C(CC1CCCCC1)NC(=O)[C@H](Cc1cnc[nH]1)NC(=O)[C@H](Cc1ccccc1)NC(=O)OCc1ccccc1)N(C=O)Cc1ccccc1. The first-order valence-electron chi connectivity index (χ1n) is 23.0. The second kappa shape index (κ2) is 24.9. The van der Waals surface area contributed by atoms with Crippen molar-refractivity contribution < 1.29 is 28.5 Å². The Bertz CT molecular complexity index is 2240. The summed E-state index contributed by atoms with van der Waals surface area (Å²) in [6, 6.07) is 35.5. The fraction of sp³-hybridized carbons (Fsp3) is 0.404. The molecule has 4 N–H and O–H groups in total. The lowest BCUT2D eigenvalue weighted by Gasteiger charge is -2.38. The van der Waals surface area contributed by atoms with Gasteiger partial charge in [0, 0.05) is 49.6 Å². The summed E-state index contributed by atoms with van der Waals surface area (Å²) in [5.41, 5.74) is 4.06. The Hall–Kier alpha value is -6.00. The number of carbonyl (C=O) groups excluding carboxylic acids is 4. The van der Waals surface area contributed by atoms with E-state index in [-0.39, 0.29) is 49.6 Å². The van der Waals surface area contributed by atoms with Crippen LogP contribution in [0.4, 0.5) is 4.79 Å². The number of H-pyrrole nitrogens is 1. The molecule has 1 aliphatic rings. The second-order valence-electron chi connectivity index (χ2n) is 17.9. The molecule has 0 aliphatic heterocycles. The first-order chi connectivity index (χ1) is 31.6. The molecular weight excluding hydrogens is 836 g/mol. The molecule has 344 valence electrons. The Morgan fingerprint density at radius 3 is 1.91 bits per heavy atom. The van der Waals surface area contributed by atoms with Crippen LogP contribution in [0.15, 0.2) is 134 Å². The van der Waals surface area contributed by atoms with Gasteiger partial charge < -0.3 is 35.1 Å². The van der Waals surface area contributed by atoms with E-state index in [1.54, 1.807) is 11.1 Å². The van der Waals surface area contributed by atoms with Crippen LogP contribution in [0.3, 0.4) is 0 Å². The van der Waals surface area contributed by atoms with E-state index >= 15 is 9.36 Å². The summed E-state index contributed by atoms with van der Waals surface area (Å²) in [6.45, 7) is 4.58. The number of ether oxygens (including phenoxy) is 1. The summed E-state index contributed by atoms with van der Waals surface area (Å²) in [5.74, 6) is -1.41. The zero-order valence-corrected chi connectivity index (χ0v) is 38.6. The van der Waals surface area contributed by atoms with Crippen molar-refractivity contribution >= 4 is 31.5 Å². The smallest absolute Gasteiger partial charge is 0.408 e. The fourth-order valence-electron chi connectivity index (χ4n) is 8.89. The van der Waals surface area contributed by atoms with Crippen LogP contribution in [0.25, 0.3) is 0 Å². The van der Waals surface area contributed by atoms with E-state index in [1.807, 2.05) is 121 Å². The molecule has 4 amide bonds. The lowest BCUT2D eigenvalue weighted by molar-refractivity contribution is -0.130. The number of aromatic nitrogens is 2. The number of benzene rings is 4. The van der Waals surface area contributed by atoms with Gasteiger partial charge in [0.05, 0.1) is 12.1 Å². The molecule has 1 aromatic heterocycles. The maximum Gasteiger partial charge on any atom is 0.408 e. The summed E-state index contributed by atoms with van der Waals surface area (Å²) >= 11 is 0. The zero-order valence-electron chi connectivity index (χ0n) is 37.7. The van der Waals surface area contributed by atoms with Crippen molar-refractivity contribution in [2.45, 2.75) is 115 Å². The number of hydrogen-bond donors (Lipinski definition) is 4. The largest absolute Gasteiger partial charge is 0.445 e. The standard InChI is InChI=1S/C52H65N6O6P/c1-39(2)28-46(58(38-59)33-42-22-12-5-13-23-42)36-65(63,35-44-26-16-7-17-27-44)49(30-41-20-10-4-11-21-41)57-51(61)48(31-45-32-53-37-54-45)55-50(60)47(29-40-18-8-3-9-19-40)56-52(62)64-34-43-24-14-6-15-25-43/h3,5-9,12-19,22-27,32,37-39,41,46-49H,4,10-11,20-21,28-31,33-36H2,1-2H3,(H,53,54)(H,55,60)(H,56,62)(H,57,61)/t46?,47-,48-,49?,65?/m0/s1. The molecule has 1 aliphatic carbocycles. The van der Waals surface area contributed by atoms with Gasteiger partial charge in [-0.2, -0.15) is 0 Å². The highest BCUT2D eigenvalue weighted by molar-refractivity contribution is 7.63. The monoisotopic (exact) mass is 900 g/mol. The third-order valence-electron chi connectivity index (χ3n) is 12.2. The molecule has 0 saturated heterocycles. The summed E-state index contributed by atoms with van der Waals surface area (Å²) in [4.78, 5) is 64.8. The maximum absolute atomic E-state index is 16.4. The molecule has 6 rings (SSSR count). The van der Waals surface area contributed by atoms with Gasteiger partial charge in [0.1, 0.15) is 25.8 Å². The highest BCUT2D eigenvalue weighted by atomic mass is 31.2. The molecular formula is C52H65N6O6P. The van der Waals surface area contributed by atoms with Gasteiger partial charge in [-0.05, 0) is 46.9 Å². The molecule has 65 heavy (non-hydrogen) atoms. The number of amides is 4. The van der Waals surface area contributed by atoms with Crippen molar-refractivity contribution in [2.75, 3.05) is 6.16 Å². The molecule has 5 aromatic rings. The predicted octanol–water partition coefficient (Wildman–Crippen LogP) is 9.02. The van der Waals surface area contributed by atoms with Crippen LogP contribution in [0, 0.1) is 11.8 Å². The minimum atomic E-state index is -3.46. The third-order valence-corrected chi connectivity index (χ3v) is 15.7. The number of nitrogens with one attached hydrogen (secondary N) is 4. The number of carbonyl (C=O) groups is 4. The molecule has 0 spiro atoms. The molecule has 12 nitrogen and oxygen atoms in total. The van der Waals surface area contributed by atoms with Gasteiger partial charge in [0.2, 0.25) is 18.2 Å². The lowest BCUT2D eigenvalue weighted by atomic mass is 9.87. The number of imidazole rings is 1. The van der Waals surface area contributed by atoms with Crippen molar-refractivity contribution in [3.8, 4) is 0 Å². The van der Waals surface area contributed by atoms with Crippen LogP contribution in [-0.4, -0.2) is 69.3 Å². The van der Waals surface area contributed by atoms with E-state index in [4.69, 9.17) is 4.74 Å². The Morgan fingerprint density at radius 1 is 0.754 bits per heavy atom. The molecule has 0 radical (unpaired) electrons. The minimum absolute atomic E-state index is 0.0114. The molecule has 5 atom stereocenters. The highest BCUT2D eigenvalue weighted by Crippen LogP contribution is 2.56. The first-order valence-corrected chi connectivity index (χ1v) is 25.2. The second-order valence-corrected chi connectivity index (χ2v) is 21.1. The molecule has 1 saturated carbocycles. The van der Waals surface area contributed by atoms with Crippen molar-refractivity contribution in [3.05, 3.63) is 162 Å². The minimum Gasteiger partial charge on any atom is -0.445 e. The van der Waals surface area contributed by atoms with Crippen molar-refractivity contribution in [3.63, 3.8) is 0 Å². The normalized spacial score (nSPS) is 15.7. The number of rotatable bonds is 24. The lowest BCUT2D eigenvalue weighted by Crippen LogP contribution is -2.56. The molecule has 0 bridgehead atoms. The van der Waals surface area contributed by atoms with Crippen molar-refractivity contribution in [1.82, 2.24) is 30.8 Å². The van der Waals surface area contributed by atoms with Crippen LogP contribution in [0.1, 0.15) is 86.7 Å². The van der Waals surface area contributed by atoms with Gasteiger partial charge in [-0.15, -0.1) is 0 Å². The summed E-state index contributed by atoms with van der Waals surface area (Å²) < 4.78 is 21.9. The van der Waals surface area contributed by atoms with Crippen molar-refractivity contribution in [2.24, 2.45) is 11.8 Å². The molecule has 3 unspecified atom stereocenters. The van der Waals surface area contributed by atoms with Crippen LogP contribution in [-0.2, 0) is 55.8 Å². The van der Waals surface area contributed by atoms with Gasteiger partial charge in [0.25, 0.3) is 0 Å². The third kappa shape index (κ3) is 15.6. The van der Waals surface area contributed by atoms with E-state index in [0.29, 0.717) is 25.1 Å².